The number of hydrogen-bond acceptors (Lipinski definition) is 4. The van der Waals surface area contributed by atoms with Crippen molar-refractivity contribution in [3.63, 3.8) is 0 Å². The van der Waals surface area contributed by atoms with Gasteiger partial charge >= 0.3 is 6.03 Å². The van der Waals surface area contributed by atoms with E-state index in [1.807, 2.05) is 36.4 Å². The van der Waals surface area contributed by atoms with Crippen LogP contribution in [0.15, 0.2) is 59.7 Å². The Labute approximate surface area is 133 Å². The first kappa shape index (κ1) is 14.6. The summed E-state index contributed by atoms with van der Waals surface area (Å²) in [5.41, 5.74) is 5.45. The highest BCUT2D eigenvalue weighted by molar-refractivity contribution is 6.10. The molecule has 2 aromatic rings. The molecule has 0 saturated carbocycles. The van der Waals surface area contributed by atoms with Gasteiger partial charge in [-0.3, -0.25) is 10.7 Å². The highest BCUT2D eigenvalue weighted by Crippen LogP contribution is 2.19. The van der Waals surface area contributed by atoms with Crippen molar-refractivity contribution in [1.29, 1.82) is 0 Å². The molecule has 0 fully saturated rings. The lowest BCUT2D eigenvalue weighted by molar-refractivity contribution is 0.256. The third-order valence-corrected chi connectivity index (χ3v) is 3.25. The van der Waals surface area contributed by atoms with Gasteiger partial charge in [0.05, 0.1) is 12.8 Å². The molecule has 1 aliphatic rings. The summed E-state index contributed by atoms with van der Waals surface area (Å²) in [5.74, 6) is 1.09. The molecule has 0 unspecified atom stereocenters. The number of amides is 2. The third kappa shape index (κ3) is 3.68. The molecule has 0 radical (unpaired) electrons. The minimum atomic E-state index is -0.380. The van der Waals surface area contributed by atoms with Crippen LogP contribution < -0.4 is 20.8 Å². The second-order valence-corrected chi connectivity index (χ2v) is 4.84. The number of anilines is 2. The van der Waals surface area contributed by atoms with Crippen LogP contribution in [0.1, 0.15) is 5.56 Å². The molecule has 3 N–H and O–H groups in total. The normalized spacial score (nSPS) is 12.3. The summed E-state index contributed by atoms with van der Waals surface area (Å²) in [6.07, 6.45) is 3.63. The lowest BCUT2D eigenvalue weighted by atomic mass is 10.2. The Morgan fingerprint density at radius 2 is 1.96 bits per heavy atom. The zero-order valence-electron chi connectivity index (χ0n) is 12.5. The summed E-state index contributed by atoms with van der Waals surface area (Å²) in [6.45, 7) is 0. The van der Waals surface area contributed by atoms with E-state index in [1.54, 1.807) is 31.4 Å². The molecule has 3 rings (SSSR count). The number of methoxy groups -OCH3 is 1. The first-order valence-electron chi connectivity index (χ1n) is 7.07. The van der Waals surface area contributed by atoms with Gasteiger partial charge < -0.3 is 10.1 Å². The number of nitrogens with one attached hydrogen (secondary N) is 3. The number of nitrogens with zero attached hydrogens (tertiary/aromatic N) is 1. The zero-order chi connectivity index (χ0) is 16.1. The minimum absolute atomic E-state index is 0.380. The van der Waals surface area contributed by atoms with E-state index >= 15 is 0 Å². The molecule has 0 bridgehead atoms. The lowest BCUT2D eigenvalue weighted by Crippen LogP contribution is -2.33. The standard InChI is InChI=1S/C17H16N4O2/c1-23-14-7-4-6-13(11-14)18-17(22)19-16-10-9-12-5-2-3-8-15(12)20-21-16/h2-11,20H,1H3,(H2,18,19,21,22). The van der Waals surface area contributed by atoms with E-state index in [1.165, 1.54) is 0 Å². The van der Waals surface area contributed by atoms with Crippen molar-refractivity contribution in [1.82, 2.24) is 5.32 Å². The van der Waals surface area contributed by atoms with Crippen LogP contribution in [0.2, 0.25) is 0 Å². The minimum Gasteiger partial charge on any atom is -0.497 e. The molecule has 1 heterocycles. The predicted molar refractivity (Wildman–Crippen MR) is 91.7 cm³/mol. The van der Waals surface area contributed by atoms with Gasteiger partial charge in [0, 0.05) is 11.8 Å². The summed E-state index contributed by atoms with van der Waals surface area (Å²) in [5, 5.41) is 9.59. The highest BCUT2D eigenvalue weighted by atomic mass is 16.5. The van der Waals surface area contributed by atoms with Crippen LogP contribution in [0.4, 0.5) is 16.2 Å². The van der Waals surface area contributed by atoms with Gasteiger partial charge in [-0.15, -0.1) is 0 Å². The second-order valence-electron chi connectivity index (χ2n) is 4.84. The largest absolute Gasteiger partial charge is 0.497 e. The number of carbonyl (C=O) groups excluding carboxylic acids is 1. The maximum absolute atomic E-state index is 12.1. The quantitative estimate of drug-likeness (QED) is 0.797. The number of fused-ring (bicyclic) bond motifs is 1. The number of carbonyl (C=O) groups is 1. The number of rotatable bonds is 2. The maximum Gasteiger partial charge on any atom is 0.324 e. The van der Waals surface area contributed by atoms with Gasteiger partial charge in [-0.1, -0.05) is 24.3 Å². The van der Waals surface area contributed by atoms with Crippen LogP contribution in [-0.2, 0) is 0 Å². The number of hydrazone groups is 1. The first-order valence-corrected chi connectivity index (χ1v) is 7.07. The Morgan fingerprint density at radius 1 is 1.09 bits per heavy atom. The van der Waals surface area contributed by atoms with Gasteiger partial charge in [0.1, 0.15) is 5.75 Å². The van der Waals surface area contributed by atoms with Gasteiger partial charge in [0.25, 0.3) is 0 Å². The lowest BCUT2D eigenvalue weighted by Gasteiger charge is -2.08. The average molecular weight is 308 g/mol. The molecule has 2 amide bonds. The van der Waals surface area contributed by atoms with Crippen LogP contribution in [0.3, 0.4) is 0 Å². The Balaban J connectivity index is 1.65. The number of urea groups is 1. The monoisotopic (exact) mass is 308 g/mol. The molecule has 6 nitrogen and oxygen atoms in total. The number of amidine groups is 1. The van der Waals surface area contributed by atoms with Crippen molar-refractivity contribution < 1.29 is 9.53 Å². The van der Waals surface area contributed by atoms with E-state index < -0.39 is 0 Å². The van der Waals surface area contributed by atoms with E-state index in [0.29, 0.717) is 17.3 Å². The van der Waals surface area contributed by atoms with Gasteiger partial charge in [-0.05, 0) is 35.9 Å². The second kappa shape index (κ2) is 6.65. The van der Waals surface area contributed by atoms with Crippen LogP contribution >= 0.6 is 0 Å². The zero-order valence-corrected chi connectivity index (χ0v) is 12.5. The van der Waals surface area contributed by atoms with Gasteiger partial charge in [0.15, 0.2) is 5.84 Å². The molecule has 0 aromatic heterocycles. The number of hydrogen-bond donors (Lipinski definition) is 3. The molecule has 2 aromatic carbocycles. The van der Waals surface area contributed by atoms with E-state index in [-0.39, 0.29) is 6.03 Å². The van der Waals surface area contributed by atoms with Crippen LogP contribution in [0.25, 0.3) is 6.08 Å². The van der Waals surface area contributed by atoms with Gasteiger partial charge in [0.2, 0.25) is 0 Å². The fourth-order valence-electron chi connectivity index (χ4n) is 2.12. The Bertz CT molecular complexity index is 784. The fourth-order valence-corrected chi connectivity index (χ4v) is 2.12. The van der Waals surface area contributed by atoms with Crippen LogP contribution in [0, 0.1) is 0 Å². The number of para-hydroxylation sites is 1. The number of benzene rings is 2. The predicted octanol–water partition coefficient (Wildman–Crippen LogP) is 3.27. The molecule has 116 valence electrons. The van der Waals surface area contributed by atoms with Crippen molar-refractivity contribution >= 4 is 29.3 Å². The summed E-state index contributed by atoms with van der Waals surface area (Å²) in [6, 6.07) is 14.5. The van der Waals surface area contributed by atoms with Crippen molar-refractivity contribution in [2.45, 2.75) is 0 Å². The molecular formula is C17H16N4O2. The SMILES string of the molecule is COc1cccc(NC(=O)NC2=NNc3ccccc3C=C2)c1. The first-order chi connectivity index (χ1) is 11.2. The molecule has 0 saturated heterocycles. The Hall–Kier alpha value is -3.28. The van der Waals surface area contributed by atoms with E-state index in [9.17, 15) is 4.79 Å². The Morgan fingerprint density at radius 3 is 2.83 bits per heavy atom. The molecular weight excluding hydrogens is 292 g/mol. The van der Waals surface area contributed by atoms with Crippen molar-refractivity contribution in [2.24, 2.45) is 5.10 Å². The topological polar surface area (TPSA) is 74.8 Å². The van der Waals surface area contributed by atoms with Crippen molar-refractivity contribution in [2.75, 3.05) is 17.9 Å². The Kier molecular flexibility index (Phi) is 4.24. The summed E-state index contributed by atoms with van der Waals surface area (Å²) < 4.78 is 5.12. The van der Waals surface area contributed by atoms with E-state index in [4.69, 9.17) is 4.74 Å². The molecule has 0 aliphatic carbocycles. The highest BCUT2D eigenvalue weighted by Gasteiger charge is 2.08. The van der Waals surface area contributed by atoms with Gasteiger partial charge in [-0.25, -0.2) is 4.79 Å². The average Bonchev–Trinajstić information content (AvgIpc) is 2.78. The van der Waals surface area contributed by atoms with Gasteiger partial charge in [-0.2, -0.15) is 5.10 Å². The molecule has 1 aliphatic heterocycles. The van der Waals surface area contributed by atoms with E-state index in [2.05, 4.69) is 21.2 Å². The smallest absolute Gasteiger partial charge is 0.324 e. The van der Waals surface area contributed by atoms with Crippen LogP contribution in [0.5, 0.6) is 5.75 Å². The maximum atomic E-state index is 12.1. The summed E-state index contributed by atoms with van der Waals surface area (Å²) in [7, 11) is 1.58. The van der Waals surface area contributed by atoms with Crippen molar-refractivity contribution in [3.05, 3.63) is 60.2 Å². The third-order valence-electron chi connectivity index (χ3n) is 3.25. The number of ether oxygens (including phenoxy) is 1. The molecule has 0 atom stereocenters. The van der Waals surface area contributed by atoms with E-state index in [0.717, 1.165) is 11.3 Å². The fraction of sp³-hybridized carbons (Fsp3) is 0.0588. The summed E-state index contributed by atoms with van der Waals surface area (Å²) in [4.78, 5) is 12.1. The molecule has 6 heteroatoms. The van der Waals surface area contributed by atoms with Crippen LogP contribution in [-0.4, -0.2) is 19.0 Å². The van der Waals surface area contributed by atoms with Crippen molar-refractivity contribution in [3.8, 4) is 5.75 Å². The molecule has 0 spiro atoms. The molecule has 23 heavy (non-hydrogen) atoms. The summed E-state index contributed by atoms with van der Waals surface area (Å²) >= 11 is 0.